The van der Waals surface area contributed by atoms with Gasteiger partial charge in [-0.15, -0.1) is 0 Å². The maximum atomic E-state index is 11.0. The molecule has 1 aliphatic heterocycles. The maximum Gasteiger partial charge on any atom is 0.208 e. The van der Waals surface area contributed by atoms with E-state index < -0.39 is 16.1 Å². The Hall–Kier alpha value is -1.15. The zero-order valence-electron chi connectivity index (χ0n) is 11.4. The summed E-state index contributed by atoms with van der Waals surface area (Å²) in [4.78, 5) is 2.22. The summed E-state index contributed by atoms with van der Waals surface area (Å²) in [6, 6.07) is 7.51. The first kappa shape index (κ1) is 15.2. The lowest BCUT2D eigenvalue weighted by Gasteiger charge is -2.29. The van der Waals surface area contributed by atoms with Crippen LogP contribution in [0, 0.1) is 0 Å². The minimum Gasteiger partial charge on any atom is -0.387 e. The van der Waals surface area contributed by atoms with E-state index in [1.807, 2.05) is 24.3 Å². The molecule has 112 valence electrons. The van der Waals surface area contributed by atoms with Crippen LogP contribution in [-0.2, 0) is 14.8 Å². The number of sulfonamides is 1. The molecule has 6 nitrogen and oxygen atoms in total. The predicted octanol–water partition coefficient (Wildman–Crippen LogP) is 0.106. The number of hydrogen-bond acceptors (Lipinski definition) is 5. The molecule has 0 aromatic heterocycles. The van der Waals surface area contributed by atoms with Gasteiger partial charge in [0.1, 0.15) is 0 Å². The van der Waals surface area contributed by atoms with Gasteiger partial charge in [0.2, 0.25) is 10.0 Å². The Morgan fingerprint density at radius 3 is 2.45 bits per heavy atom. The van der Waals surface area contributed by atoms with E-state index in [0.717, 1.165) is 38.2 Å². The molecule has 1 aromatic rings. The number of benzene rings is 1. The zero-order valence-corrected chi connectivity index (χ0v) is 12.3. The highest BCUT2D eigenvalue weighted by Crippen LogP contribution is 2.20. The van der Waals surface area contributed by atoms with Crippen LogP contribution in [0.3, 0.4) is 0 Å². The van der Waals surface area contributed by atoms with Gasteiger partial charge in [0.05, 0.1) is 25.6 Å². The Bertz CT molecular complexity index is 524. The van der Waals surface area contributed by atoms with Crippen molar-refractivity contribution in [3.05, 3.63) is 29.8 Å². The highest BCUT2D eigenvalue weighted by atomic mass is 32.2. The van der Waals surface area contributed by atoms with Crippen LogP contribution in [0.1, 0.15) is 11.7 Å². The van der Waals surface area contributed by atoms with Gasteiger partial charge in [-0.25, -0.2) is 13.1 Å². The molecule has 0 bridgehead atoms. The molecular formula is C13H20N2O4S. The molecule has 0 spiro atoms. The van der Waals surface area contributed by atoms with Crippen molar-refractivity contribution >= 4 is 15.7 Å². The third-order valence-corrected chi connectivity index (χ3v) is 3.88. The minimum atomic E-state index is -3.28. The van der Waals surface area contributed by atoms with E-state index >= 15 is 0 Å². The molecule has 1 aromatic carbocycles. The molecule has 2 N–H and O–H groups in total. The number of aliphatic hydroxyl groups is 1. The number of nitrogens with one attached hydrogen (secondary N) is 1. The number of hydrogen-bond donors (Lipinski definition) is 2. The molecule has 7 heteroatoms. The molecule has 0 saturated carbocycles. The lowest BCUT2D eigenvalue weighted by atomic mass is 10.1. The van der Waals surface area contributed by atoms with Gasteiger partial charge in [-0.2, -0.15) is 0 Å². The molecule has 20 heavy (non-hydrogen) atoms. The van der Waals surface area contributed by atoms with Gasteiger partial charge in [0.15, 0.2) is 0 Å². The first-order chi connectivity index (χ1) is 9.46. The zero-order chi connectivity index (χ0) is 14.6. The molecule has 0 amide bonds. The van der Waals surface area contributed by atoms with E-state index in [0.29, 0.717) is 5.56 Å². The molecule has 1 heterocycles. The smallest absolute Gasteiger partial charge is 0.208 e. The van der Waals surface area contributed by atoms with Crippen molar-refractivity contribution in [2.24, 2.45) is 0 Å². The van der Waals surface area contributed by atoms with E-state index in [1.165, 1.54) is 0 Å². The lowest BCUT2D eigenvalue weighted by Crippen LogP contribution is -2.36. The second-order valence-corrected chi connectivity index (χ2v) is 6.66. The first-order valence-corrected chi connectivity index (χ1v) is 8.40. The van der Waals surface area contributed by atoms with Crippen molar-refractivity contribution in [1.82, 2.24) is 4.72 Å². The van der Waals surface area contributed by atoms with Crippen LogP contribution >= 0.6 is 0 Å². The van der Waals surface area contributed by atoms with Gasteiger partial charge in [0, 0.05) is 25.3 Å². The molecule has 1 atom stereocenters. The number of anilines is 1. The van der Waals surface area contributed by atoms with Gasteiger partial charge < -0.3 is 14.7 Å². The summed E-state index contributed by atoms with van der Waals surface area (Å²) in [5.74, 6) is 0. The number of morpholine rings is 1. The number of ether oxygens (including phenoxy) is 1. The molecule has 0 radical (unpaired) electrons. The van der Waals surface area contributed by atoms with E-state index in [1.54, 1.807) is 0 Å². The second kappa shape index (κ2) is 6.53. The van der Waals surface area contributed by atoms with Crippen LogP contribution in [0.4, 0.5) is 5.69 Å². The van der Waals surface area contributed by atoms with E-state index in [4.69, 9.17) is 4.74 Å². The van der Waals surface area contributed by atoms with Gasteiger partial charge in [0.25, 0.3) is 0 Å². The third-order valence-electron chi connectivity index (χ3n) is 3.19. The molecule has 2 rings (SSSR count). The summed E-state index contributed by atoms with van der Waals surface area (Å²) in [5, 5.41) is 9.92. The van der Waals surface area contributed by atoms with Gasteiger partial charge in [-0.05, 0) is 17.7 Å². The van der Waals surface area contributed by atoms with Crippen LogP contribution in [-0.4, -0.2) is 52.6 Å². The topological polar surface area (TPSA) is 78.9 Å². The molecule has 1 aliphatic rings. The number of aliphatic hydroxyl groups excluding tert-OH is 1. The number of rotatable bonds is 5. The fraction of sp³-hybridized carbons (Fsp3) is 0.538. The molecule has 1 saturated heterocycles. The van der Waals surface area contributed by atoms with Crippen LogP contribution in [0.15, 0.2) is 24.3 Å². The summed E-state index contributed by atoms with van der Waals surface area (Å²) in [6.07, 6.45) is 0.227. The average Bonchev–Trinajstić information content (AvgIpc) is 2.45. The second-order valence-electron chi connectivity index (χ2n) is 4.83. The van der Waals surface area contributed by atoms with Gasteiger partial charge in [-0.3, -0.25) is 0 Å². The van der Waals surface area contributed by atoms with Crippen LogP contribution in [0.25, 0.3) is 0 Å². The molecule has 1 unspecified atom stereocenters. The minimum absolute atomic E-state index is 0.0181. The van der Waals surface area contributed by atoms with Gasteiger partial charge in [-0.1, -0.05) is 12.1 Å². The maximum absolute atomic E-state index is 11.0. The van der Waals surface area contributed by atoms with E-state index in [-0.39, 0.29) is 6.54 Å². The normalized spacial score (nSPS) is 18.0. The first-order valence-electron chi connectivity index (χ1n) is 6.51. The molecular weight excluding hydrogens is 280 g/mol. The highest BCUT2D eigenvalue weighted by Gasteiger charge is 2.13. The lowest BCUT2D eigenvalue weighted by molar-refractivity contribution is 0.122. The van der Waals surface area contributed by atoms with Crippen molar-refractivity contribution < 1.29 is 18.3 Å². The SMILES string of the molecule is CS(=O)(=O)NCC(O)c1ccc(N2CCOCC2)cc1. The highest BCUT2D eigenvalue weighted by molar-refractivity contribution is 7.88. The standard InChI is InChI=1S/C13H20N2O4S/c1-20(17,18)14-10-13(16)11-2-4-12(5-3-11)15-6-8-19-9-7-15/h2-5,13-14,16H,6-10H2,1H3. The monoisotopic (exact) mass is 300 g/mol. The van der Waals surface area contributed by atoms with Crippen molar-refractivity contribution in [3.8, 4) is 0 Å². The largest absolute Gasteiger partial charge is 0.387 e. The Morgan fingerprint density at radius 1 is 1.30 bits per heavy atom. The Balaban J connectivity index is 1.96. The van der Waals surface area contributed by atoms with Crippen molar-refractivity contribution in [2.75, 3.05) is 44.0 Å². The fourth-order valence-corrected chi connectivity index (χ4v) is 2.54. The van der Waals surface area contributed by atoms with Crippen LogP contribution in [0.5, 0.6) is 0 Å². The molecule has 1 fully saturated rings. The summed E-state index contributed by atoms with van der Waals surface area (Å²) in [7, 11) is -3.28. The summed E-state index contributed by atoms with van der Waals surface area (Å²) in [6.45, 7) is 3.15. The Labute approximate surface area is 119 Å². The summed E-state index contributed by atoms with van der Waals surface area (Å²) < 4.78 is 29.6. The summed E-state index contributed by atoms with van der Waals surface area (Å²) >= 11 is 0. The Morgan fingerprint density at radius 2 is 1.90 bits per heavy atom. The van der Waals surface area contributed by atoms with Crippen LogP contribution < -0.4 is 9.62 Å². The van der Waals surface area contributed by atoms with Gasteiger partial charge >= 0.3 is 0 Å². The predicted molar refractivity (Wildman–Crippen MR) is 77.3 cm³/mol. The number of nitrogens with zero attached hydrogens (tertiary/aromatic N) is 1. The van der Waals surface area contributed by atoms with E-state index in [2.05, 4.69) is 9.62 Å². The average molecular weight is 300 g/mol. The molecule has 0 aliphatic carbocycles. The van der Waals surface area contributed by atoms with E-state index in [9.17, 15) is 13.5 Å². The summed E-state index contributed by atoms with van der Waals surface area (Å²) in [5.41, 5.74) is 1.78. The third kappa shape index (κ3) is 4.45. The van der Waals surface area contributed by atoms with Crippen molar-refractivity contribution in [2.45, 2.75) is 6.10 Å². The Kier molecular flexibility index (Phi) is 4.98. The van der Waals surface area contributed by atoms with Crippen molar-refractivity contribution in [3.63, 3.8) is 0 Å². The van der Waals surface area contributed by atoms with Crippen molar-refractivity contribution in [1.29, 1.82) is 0 Å². The quantitative estimate of drug-likeness (QED) is 0.807. The fourth-order valence-electron chi connectivity index (χ4n) is 2.08. The van der Waals surface area contributed by atoms with Crippen LogP contribution in [0.2, 0.25) is 0 Å².